The molecule has 0 bridgehead atoms. The zero-order valence-corrected chi connectivity index (χ0v) is 17.4. The Labute approximate surface area is 188 Å². The highest BCUT2D eigenvalue weighted by Crippen LogP contribution is 2.37. The first-order valence-corrected chi connectivity index (χ1v) is 10.6. The van der Waals surface area contributed by atoms with Crippen LogP contribution < -0.4 is 0 Å². The zero-order chi connectivity index (χ0) is 22.4. The van der Waals surface area contributed by atoms with Crippen molar-refractivity contribution < 1.29 is 8.78 Å². The standard InChI is InChI=1S/C27H18F2N4/c28-27(29,21-9-5-11-23(15-21)32-17-19-7-1-3-13-25(19)30-32)22-10-6-12-24(16-22)33-18-20-8-2-4-14-26(20)31-33/h1-18H. The molecule has 0 N–H and O–H groups in total. The molecule has 0 fully saturated rings. The summed E-state index contributed by atoms with van der Waals surface area (Å²) in [7, 11) is 0. The number of alkyl halides is 2. The Morgan fingerprint density at radius 3 is 1.45 bits per heavy atom. The summed E-state index contributed by atoms with van der Waals surface area (Å²) in [5, 5.41) is 10.9. The van der Waals surface area contributed by atoms with E-state index in [0.29, 0.717) is 11.4 Å². The minimum absolute atomic E-state index is 0.0951. The fourth-order valence-corrected chi connectivity index (χ4v) is 4.05. The van der Waals surface area contributed by atoms with Gasteiger partial charge in [-0.15, -0.1) is 0 Å². The molecule has 2 heterocycles. The Bertz CT molecular complexity index is 1430. The molecule has 0 radical (unpaired) electrons. The van der Waals surface area contributed by atoms with Gasteiger partial charge in [0, 0.05) is 34.3 Å². The Morgan fingerprint density at radius 1 is 0.545 bits per heavy atom. The first-order valence-electron chi connectivity index (χ1n) is 10.6. The number of hydrogen-bond acceptors (Lipinski definition) is 2. The highest BCUT2D eigenvalue weighted by Gasteiger charge is 2.34. The van der Waals surface area contributed by atoms with Crippen LogP contribution in [-0.4, -0.2) is 19.6 Å². The average Bonchev–Trinajstić information content (AvgIpc) is 3.49. The summed E-state index contributed by atoms with van der Waals surface area (Å²) in [4.78, 5) is 0. The van der Waals surface area contributed by atoms with Gasteiger partial charge in [-0.1, -0.05) is 60.7 Å². The van der Waals surface area contributed by atoms with E-state index in [4.69, 9.17) is 0 Å². The van der Waals surface area contributed by atoms with Gasteiger partial charge in [0.05, 0.1) is 22.4 Å². The highest BCUT2D eigenvalue weighted by molar-refractivity contribution is 5.79. The van der Waals surface area contributed by atoms with E-state index in [1.165, 1.54) is 24.3 Å². The van der Waals surface area contributed by atoms with Gasteiger partial charge < -0.3 is 0 Å². The van der Waals surface area contributed by atoms with Crippen molar-refractivity contribution in [3.05, 3.63) is 121 Å². The van der Waals surface area contributed by atoms with E-state index in [2.05, 4.69) is 10.2 Å². The monoisotopic (exact) mass is 436 g/mol. The van der Waals surface area contributed by atoms with Crippen LogP contribution in [0.5, 0.6) is 0 Å². The predicted molar refractivity (Wildman–Crippen MR) is 125 cm³/mol. The number of nitrogens with zero attached hydrogens (tertiary/aromatic N) is 4. The number of halogens is 2. The molecule has 0 aliphatic carbocycles. The second-order valence-corrected chi connectivity index (χ2v) is 7.94. The molecule has 0 atom stereocenters. The Hall–Kier alpha value is -4.32. The van der Waals surface area contributed by atoms with E-state index in [0.717, 1.165) is 21.8 Å². The molecular formula is C27H18F2N4. The summed E-state index contributed by atoms with van der Waals surface area (Å²) in [5.74, 6) is -3.19. The second-order valence-electron chi connectivity index (χ2n) is 7.94. The molecule has 0 aliphatic heterocycles. The molecular weight excluding hydrogens is 418 g/mol. The Morgan fingerprint density at radius 2 is 1.00 bits per heavy atom. The maximum atomic E-state index is 15.6. The SMILES string of the molecule is FC(F)(c1cccc(-n2cc3ccccc3n2)c1)c1cccc(-n2cc3ccccc3n2)c1. The number of hydrogen-bond donors (Lipinski definition) is 0. The van der Waals surface area contributed by atoms with Crippen molar-refractivity contribution in [2.75, 3.05) is 0 Å². The number of aromatic nitrogens is 4. The lowest BCUT2D eigenvalue weighted by atomic mass is 9.99. The van der Waals surface area contributed by atoms with E-state index in [1.54, 1.807) is 33.6 Å². The first-order chi connectivity index (χ1) is 16.1. The van der Waals surface area contributed by atoms with E-state index in [9.17, 15) is 0 Å². The predicted octanol–water partition coefficient (Wildman–Crippen LogP) is 6.50. The maximum absolute atomic E-state index is 15.6. The molecule has 6 rings (SSSR count). The molecule has 0 aliphatic rings. The molecule has 4 nitrogen and oxygen atoms in total. The molecule has 4 aromatic carbocycles. The fourth-order valence-electron chi connectivity index (χ4n) is 4.05. The van der Waals surface area contributed by atoms with Crippen LogP contribution in [0.2, 0.25) is 0 Å². The van der Waals surface area contributed by atoms with Crippen LogP contribution in [0.4, 0.5) is 8.78 Å². The summed E-state index contributed by atoms with van der Waals surface area (Å²) < 4.78 is 34.5. The van der Waals surface area contributed by atoms with Crippen molar-refractivity contribution in [3.8, 4) is 11.4 Å². The molecule has 0 spiro atoms. The van der Waals surface area contributed by atoms with Gasteiger partial charge in [-0.25, -0.2) is 9.36 Å². The largest absolute Gasteiger partial charge is 0.298 e. The normalized spacial score (nSPS) is 11.9. The molecule has 33 heavy (non-hydrogen) atoms. The van der Waals surface area contributed by atoms with Gasteiger partial charge in [0.15, 0.2) is 0 Å². The third-order valence-electron chi connectivity index (χ3n) is 5.77. The van der Waals surface area contributed by atoms with Crippen LogP contribution in [0.15, 0.2) is 109 Å². The van der Waals surface area contributed by atoms with Gasteiger partial charge in [0.2, 0.25) is 0 Å². The van der Waals surface area contributed by atoms with Crippen LogP contribution >= 0.6 is 0 Å². The van der Waals surface area contributed by atoms with Crippen LogP contribution in [0.3, 0.4) is 0 Å². The van der Waals surface area contributed by atoms with Crippen LogP contribution in [-0.2, 0) is 5.92 Å². The van der Waals surface area contributed by atoms with E-state index in [1.807, 2.05) is 60.9 Å². The Kier molecular flexibility index (Phi) is 4.33. The van der Waals surface area contributed by atoms with Crippen LogP contribution in [0, 0.1) is 0 Å². The summed E-state index contributed by atoms with van der Waals surface area (Å²) >= 11 is 0. The second kappa shape index (κ2) is 7.38. The molecule has 0 saturated carbocycles. The highest BCUT2D eigenvalue weighted by atomic mass is 19.3. The molecule has 6 aromatic rings. The number of rotatable bonds is 4. The lowest BCUT2D eigenvalue weighted by Gasteiger charge is -2.19. The summed E-state index contributed by atoms with van der Waals surface area (Å²) in [6.07, 6.45) is 3.69. The fraction of sp³-hybridized carbons (Fsp3) is 0.0370. The summed E-state index contributed by atoms with van der Waals surface area (Å²) in [6.45, 7) is 0. The lowest BCUT2D eigenvalue weighted by molar-refractivity contribution is 0.0428. The quantitative estimate of drug-likeness (QED) is 0.316. The zero-order valence-electron chi connectivity index (χ0n) is 17.4. The van der Waals surface area contributed by atoms with Crippen molar-refractivity contribution >= 4 is 21.8 Å². The number of benzene rings is 4. The minimum Gasteiger partial charge on any atom is -0.240 e. The van der Waals surface area contributed by atoms with E-state index >= 15 is 8.78 Å². The average molecular weight is 436 g/mol. The van der Waals surface area contributed by atoms with Gasteiger partial charge >= 0.3 is 0 Å². The molecule has 2 aromatic heterocycles. The van der Waals surface area contributed by atoms with Gasteiger partial charge in [-0.3, -0.25) is 0 Å². The summed E-state index contributed by atoms with van der Waals surface area (Å²) in [5.41, 5.74) is 2.60. The maximum Gasteiger partial charge on any atom is 0.298 e. The van der Waals surface area contributed by atoms with Crippen LogP contribution in [0.1, 0.15) is 11.1 Å². The van der Waals surface area contributed by atoms with Crippen molar-refractivity contribution in [1.29, 1.82) is 0 Å². The third kappa shape index (κ3) is 3.36. The molecule has 160 valence electrons. The smallest absolute Gasteiger partial charge is 0.240 e. The molecule has 0 amide bonds. The van der Waals surface area contributed by atoms with Crippen molar-refractivity contribution in [2.45, 2.75) is 5.92 Å². The topological polar surface area (TPSA) is 35.6 Å². The molecule has 0 saturated heterocycles. The van der Waals surface area contributed by atoms with E-state index in [-0.39, 0.29) is 11.1 Å². The third-order valence-corrected chi connectivity index (χ3v) is 5.77. The summed E-state index contributed by atoms with van der Waals surface area (Å²) in [6, 6.07) is 28.0. The molecule has 0 unspecified atom stereocenters. The van der Waals surface area contributed by atoms with Gasteiger partial charge in [0.25, 0.3) is 5.92 Å². The van der Waals surface area contributed by atoms with Gasteiger partial charge in [0.1, 0.15) is 0 Å². The van der Waals surface area contributed by atoms with Crippen LogP contribution in [0.25, 0.3) is 33.2 Å². The Balaban J connectivity index is 1.39. The van der Waals surface area contributed by atoms with Crippen molar-refractivity contribution in [3.63, 3.8) is 0 Å². The van der Waals surface area contributed by atoms with E-state index < -0.39 is 5.92 Å². The van der Waals surface area contributed by atoms with Crippen molar-refractivity contribution in [1.82, 2.24) is 19.6 Å². The molecule has 6 heteroatoms. The number of fused-ring (bicyclic) bond motifs is 2. The van der Waals surface area contributed by atoms with Gasteiger partial charge in [-0.05, 0) is 36.4 Å². The minimum atomic E-state index is -3.19. The first kappa shape index (κ1) is 19.4. The van der Waals surface area contributed by atoms with Gasteiger partial charge in [-0.2, -0.15) is 19.0 Å². The van der Waals surface area contributed by atoms with Crippen molar-refractivity contribution in [2.24, 2.45) is 0 Å². The lowest BCUT2D eigenvalue weighted by Crippen LogP contribution is -2.16.